The normalized spacial score (nSPS) is 12.2. The molecule has 0 saturated heterocycles. The molecule has 0 bridgehead atoms. The smallest absolute Gasteiger partial charge is 0.270 e. The van der Waals surface area contributed by atoms with Gasteiger partial charge >= 0.3 is 0 Å². The van der Waals surface area contributed by atoms with Crippen molar-refractivity contribution in [3.63, 3.8) is 0 Å². The van der Waals surface area contributed by atoms with Crippen LogP contribution in [0.15, 0.2) is 30.5 Å². The SMILES string of the molecule is CCCC[C@H](CCl)NC(=O)c1c(C)nc2c(OCc3c(F)cccc3F)cc(Cl)cn12. The van der Waals surface area contributed by atoms with Crippen LogP contribution in [0.5, 0.6) is 5.75 Å². The number of rotatable bonds is 9. The summed E-state index contributed by atoms with van der Waals surface area (Å²) in [6.07, 6.45) is 4.26. The van der Waals surface area contributed by atoms with Crippen molar-refractivity contribution in [1.29, 1.82) is 0 Å². The van der Waals surface area contributed by atoms with Crippen LogP contribution in [0.25, 0.3) is 5.65 Å². The summed E-state index contributed by atoms with van der Waals surface area (Å²) < 4.78 is 35.0. The third-order valence-corrected chi connectivity index (χ3v) is 5.48. The van der Waals surface area contributed by atoms with Gasteiger partial charge < -0.3 is 10.1 Å². The van der Waals surface area contributed by atoms with Crippen LogP contribution in [0, 0.1) is 18.6 Å². The van der Waals surface area contributed by atoms with Gasteiger partial charge in [-0.2, -0.15) is 0 Å². The highest BCUT2D eigenvalue weighted by Gasteiger charge is 2.22. The van der Waals surface area contributed by atoms with Gasteiger partial charge in [-0.25, -0.2) is 13.8 Å². The van der Waals surface area contributed by atoms with Crippen LogP contribution in [0.1, 0.15) is 47.9 Å². The Hall–Kier alpha value is -2.38. The molecule has 166 valence electrons. The number of imidazole rings is 1. The highest BCUT2D eigenvalue weighted by molar-refractivity contribution is 6.30. The van der Waals surface area contributed by atoms with Crippen LogP contribution >= 0.6 is 23.2 Å². The molecular weight excluding hydrogens is 447 g/mol. The zero-order chi connectivity index (χ0) is 22.5. The third kappa shape index (κ3) is 5.28. The summed E-state index contributed by atoms with van der Waals surface area (Å²) in [6.45, 7) is 3.41. The lowest BCUT2D eigenvalue weighted by Gasteiger charge is -2.16. The molecule has 5 nitrogen and oxygen atoms in total. The number of nitrogens with one attached hydrogen (secondary N) is 1. The minimum atomic E-state index is -0.711. The fourth-order valence-electron chi connectivity index (χ4n) is 3.29. The topological polar surface area (TPSA) is 55.6 Å². The number of benzene rings is 1. The molecule has 1 aromatic carbocycles. The Morgan fingerprint density at radius 1 is 1.32 bits per heavy atom. The Morgan fingerprint density at radius 2 is 2.03 bits per heavy atom. The van der Waals surface area contributed by atoms with Crippen LogP contribution in [-0.4, -0.2) is 27.2 Å². The van der Waals surface area contributed by atoms with Gasteiger partial charge in [-0.05, 0) is 25.5 Å². The number of hydrogen-bond acceptors (Lipinski definition) is 3. The number of alkyl halides is 1. The number of aromatic nitrogens is 2. The zero-order valence-electron chi connectivity index (χ0n) is 17.2. The molecule has 0 aliphatic heterocycles. The molecule has 0 unspecified atom stereocenters. The van der Waals surface area contributed by atoms with Crippen molar-refractivity contribution < 1.29 is 18.3 Å². The maximum absolute atomic E-state index is 13.9. The van der Waals surface area contributed by atoms with E-state index in [-0.39, 0.29) is 34.9 Å². The maximum atomic E-state index is 13.9. The lowest BCUT2D eigenvalue weighted by atomic mass is 10.1. The number of unbranched alkanes of at least 4 members (excludes halogenated alkanes) is 1. The second kappa shape index (κ2) is 10.3. The molecule has 0 spiro atoms. The summed E-state index contributed by atoms with van der Waals surface area (Å²) in [5.74, 6) is -1.25. The summed E-state index contributed by atoms with van der Waals surface area (Å²) in [7, 11) is 0. The van der Waals surface area contributed by atoms with E-state index in [4.69, 9.17) is 27.9 Å². The predicted octanol–water partition coefficient (Wildman–Crippen LogP) is 5.68. The number of halogens is 4. The summed E-state index contributed by atoms with van der Waals surface area (Å²) in [4.78, 5) is 17.4. The second-order valence-electron chi connectivity index (χ2n) is 7.22. The number of amides is 1. The van der Waals surface area contributed by atoms with Crippen molar-refractivity contribution in [3.8, 4) is 5.75 Å². The zero-order valence-corrected chi connectivity index (χ0v) is 18.7. The molecule has 1 atom stereocenters. The van der Waals surface area contributed by atoms with Crippen molar-refractivity contribution in [3.05, 3.63) is 64.1 Å². The van der Waals surface area contributed by atoms with Gasteiger partial charge in [0.1, 0.15) is 23.9 Å². The largest absolute Gasteiger partial charge is 0.485 e. The van der Waals surface area contributed by atoms with E-state index in [1.165, 1.54) is 16.5 Å². The molecular formula is C22H23Cl2F2N3O2. The molecule has 3 aromatic rings. The highest BCUT2D eigenvalue weighted by atomic mass is 35.5. The Labute approximate surface area is 189 Å². The molecule has 1 amide bonds. The lowest BCUT2D eigenvalue weighted by molar-refractivity contribution is 0.0932. The van der Waals surface area contributed by atoms with Gasteiger partial charge in [0.25, 0.3) is 5.91 Å². The first-order valence-corrected chi connectivity index (χ1v) is 10.9. The van der Waals surface area contributed by atoms with Gasteiger partial charge in [-0.1, -0.05) is 37.4 Å². The molecule has 9 heteroatoms. The van der Waals surface area contributed by atoms with Crippen molar-refractivity contribution in [2.45, 2.75) is 45.8 Å². The molecule has 0 radical (unpaired) electrons. The van der Waals surface area contributed by atoms with E-state index >= 15 is 0 Å². The fourth-order valence-corrected chi connectivity index (χ4v) is 3.72. The number of pyridine rings is 1. The standard InChI is InChI=1S/C22H23Cl2F2N3O2/c1-3-4-6-15(10-23)28-22(30)20-13(2)27-21-19(9-14(24)11-29(20)21)31-12-16-17(25)7-5-8-18(16)26/h5,7-9,11,15H,3-4,6,10,12H2,1-2H3,(H,28,30)/t15-/m1/s1. The van der Waals surface area contributed by atoms with Gasteiger partial charge in [0.2, 0.25) is 0 Å². The summed E-state index contributed by atoms with van der Waals surface area (Å²) in [5.41, 5.74) is 0.874. The number of ether oxygens (including phenoxy) is 1. The highest BCUT2D eigenvalue weighted by Crippen LogP contribution is 2.28. The number of hydrogen-bond donors (Lipinski definition) is 1. The molecule has 1 N–H and O–H groups in total. The predicted molar refractivity (Wildman–Crippen MR) is 117 cm³/mol. The van der Waals surface area contributed by atoms with Crippen LogP contribution in [0.3, 0.4) is 0 Å². The van der Waals surface area contributed by atoms with Crippen LogP contribution < -0.4 is 10.1 Å². The van der Waals surface area contributed by atoms with Crippen LogP contribution in [-0.2, 0) is 6.61 Å². The van der Waals surface area contributed by atoms with E-state index in [2.05, 4.69) is 17.2 Å². The van der Waals surface area contributed by atoms with E-state index < -0.39 is 11.6 Å². The van der Waals surface area contributed by atoms with Gasteiger partial charge in [0.15, 0.2) is 11.4 Å². The fraction of sp³-hybridized carbons (Fsp3) is 0.364. The molecule has 2 aromatic heterocycles. The average molecular weight is 470 g/mol. The van der Waals surface area contributed by atoms with Crippen molar-refractivity contribution in [1.82, 2.24) is 14.7 Å². The number of carbonyl (C=O) groups is 1. The van der Waals surface area contributed by atoms with Gasteiger partial charge in [0, 0.05) is 24.2 Å². The van der Waals surface area contributed by atoms with Crippen LogP contribution in [0.2, 0.25) is 5.02 Å². The van der Waals surface area contributed by atoms with Gasteiger partial charge in [-0.3, -0.25) is 9.20 Å². The molecule has 31 heavy (non-hydrogen) atoms. The molecule has 0 aliphatic rings. The Bertz CT molecular complexity index is 1070. The Kier molecular flexibility index (Phi) is 7.73. The van der Waals surface area contributed by atoms with E-state index in [1.807, 2.05) is 0 Å². The molecule has 0 saturated carbocycles. The number of aryl methyl sites for hydroxylation is 1. The number of fused-ring (bicyclic) bond motifs is 1. The third-order valence-electron chi connectivity index (χ3n) is 4.90. The van der Waals surface area contributed by atoms with E-state index in [0.29, 0.717) is 22.9 Å². The number of nitrogens with zero attached hydrogens (tertiary/aromatic N) is 2. The minimum Gasteiger partial charge on any atom is -0.485 e. The summed E-state index contributed by atoms with van der Waals surface area (Å²) in [6, 6.07) is 4.92. The number of carbonyl (C=O) groups excluding carboxylic acids is 1. The Morgan fingerprint density at radius 3 is 2.68 bits per heavy atom. The van der Waals surface area contributed by atoms with Crippen molar-refractivity contribution in [2.24, 2.45) is 0 Å². The first-order valence-electron chi connectivity index (χ1n) is 9.96. The van der Waals surface area contributed by atoms with E-state index in [1.54, 1.807) is 13.1 Å². The summed E-state index contributed by atoms with van der Waals surface area (Å²) in [5, 5.41) is 3.21. The lowest BCUT2D eigenvalue weighted by Crippen LogP contribution is -2.37. The van der Waals surface area contributed by atoms with Gasteiger partial charge in [-0.15, -0.1) is 11.6 Å². The average Bonchev–Trinajstić information content (AvgIpc) is 3.06. The first-order chi connectivity index (χ1) is 14.8. The maximum Gasteiger partial charge on any atom is 0.270 e. The first kappa shape index (κ1) is 23.3. The quantitative estimate of drug-likeness (QED) is 0.410. The van der Waals surface area contributed by atoms with Crippen molar-refractivity contribution >= 4 is 34.8 Å². The van der Waals surface area contributed by atoms with Gasteiger partial charge in [0.05, 0.1) is 16.3 Å². The monoisotopic (exact) mass is 469 g/mol. The molecule has 0 fully saturated rings. The molecule has 2 heterocycles. The summed E-state index contributed by atoms with van der Waals surface area (Å²) >= 11 is 12.2. The van der Waals surface area contributed by atoms with Crippen molar-refractivity contribution in [2.75, 3.05) is 5.88 Å². The molecule has 3 rings (SSSR count). The minimum absolute atomic E-state index is 0.169. The van der Waals surface area contributed by atoms with E-state index in [0.717, 1.165) is 31.4 Å². The van der Waals surface area contributed by atoms with Crippen LogP contribution in [0.4, 0.5) is 8.78 Å². The Balaban J connectivity index is 1.91. The molecule has 0 aliphatic carbocycles. The van der Waals surface area contributed by atoms with E-state index in [9.17, 15) is 13.6 Å². The second-order valence-corrected chi connectivity index (χ2v) is 7.96.